The first-order valence-corrected chi connectivity index (χ1v) is 5.55. The molecule has 5 heteroatoms. The number of benzene rings is 1. The highest BCUT2D eigenvalue weighted by Crippen LogP contribution is 2.06. The first-order valence-electron chi connectivity index (χ1n) is 5.55. The van der Waals surface area contributed by atoms with Crippen LogP contribution in [0.15, 0.2) is 24.3 Å². The maximum Gasteiger partial charge on any atom is 0.328 e. The molecule has 1 N–H and O–H groups in total. The minimum absolute atomic E-state index is 0.314. The molecule has 0 saturated heterocycles. The summed E-state index contributed by atoms with van der Waals surface area (Å²) in [6.45, 7) is 2.01. The van der Waals surface area contributed by atoms with E-state index >= 15 is 0 Å². The molecule has 0 fully saturated rings. The zero-order valence-electron chi connectivity index (χ0n) is 10.7. The van der Waals surface area contributed by atoms with Crippen molar-refractivity contribution in [1.82, 2.24) is 5.32 Å². The molecule has 1 unspecified atom stereocenters. The van der Waals surface area contributed by atoms with E-state index in [0.717, 1.165) is 5.56 Å². The van der Waals surface area contributed by atoms with Gasteiger partial charge < -0.3 is 14.8 Å². The van der Waals surface area contributed by atoms with Crippen molar-refractivity contribution in [3.05, 3.63) is 35.4 Å². The monoisotopic (exact) mass is 251 g/mol. The van der Waals surface area contributed by atoms with Gasteiger partial charge in [0.1, 0.15) is 6.04 Å². The van der Waals surface area contributed by atoms with Crippen LogP contribution >= 0.6 is 0 Å². The van der Waals surface area contributed by atoms with Gasteiger partial charge in [0.05, 0.1) is 13.7 Å². The molecular formula is C13H17NO4. The van der Waals surface area contributed by atoms with Crippen LogP contribution in [0.1, 0.15) is 22.8 Å². The molecule has 1 rings (SSSR count). The Morgan fingerprint density at radius 3 is 2.67 bits per heavy atom. The number of esters is 1. The van der Waals surface area contributed by atoms with Crippen LogP contribution in [0.3, 0.4) is 0 Å². The van der Waals surface area contributed by atoms with Gasteiger partial charge in [0, 0.05) is 12.7 Å². The third kappa shape index (κ3) is 3.85. The number of amides is 1. The second-order valence-corrected chi connectivity index (χ2v) is 3.85. The average Bonchev–Trinajstić information content (AvgIpc) is 2.38. The SMILES string of the molecule is COCc1cccc(C(=O)NC(C)C(=O)OC)c1. The largest absolute Gasteiger partial charge is 0.467 e. The Morgan fingerprint density at radius 1 is 1.33 bits per heavy atom. The topological polar surface area (TPSA) is 64.6 Å². The quantitative estimate of drug-likeness (QED) is 0.797. The highest BCUT2D eigenvalue weighted by Gasteiger charge is 2.16. The number of nitrogens with one attached hydrogen (secondary N) is 1. The first-order chi connectivity index (χ1) is 8.58. The van der Waals surface area contributed by atoms with Crippen molar-refractivity contribution in [2.24, 2.45) is 0 Å². The Hall–Kier alpha value is -1.88. The van der Waals surface area contributed by atoms with Gasteiger partial charge in [-0.2, -0.15) is 0 Å². The number of rotatable bonds is 5. The van der Waals surface area contributed by atoms with Gasteiger partial charge in [-0.05, 0) is 24.6 Å². The van der Waals surface area contributed by atoms with E-state index in [1.165, 1.54) is 7.11 Å². The molecule has 0 saturated carbocycles. The lowest BCUT2D eigenvalue weighted by atomic mass is 10.1. The van der Waals surface area contributed by atoms with E-state index in [4.69, 9.17) is 4.74 Å². The summed E-state index contributed by atoms with van der Waals surface area (Å²) in [4.78, 5) is 23.1. The smallest absolute Gasteiger partial charge is 0.328 e. The number of methoxy groups -OCH3 is 2. The minimum atomic E-state index is -0.673. The molecule has 0 aliphatic rings. The molecule has 1 aromatic rings. The molecule has 0 spiro atoms. The maximum absolute atomic E-state index is 11.9. The Balaban J connectivity index is 2.72. The molecule has 5 nitrogen and oxygen atoms in total. The summed E-state index contributed by atoms with van der Waals surface area (Å²) < 4.78 is 9.53. The summed E-state index contributed by atoms with van der Waals surface area (Å²) in [5, 5.41) is 2.56. The van der Waals surface area contributed by atoms with E-state index in [1.807, 2.05) is 6.07 Å². The van der Waals surface area contributed by atoms with Gasteiger partial charge in [-0.15, -0.1) is 0 Å². The van der Waals surface area contributed by atoms with Crippen LogP contribution in [-0.4, -0.2) is 32.1 Å². The van der Waals surface area contributed by atoms with Crippen molar-refractivity contribution in [2.75, 3.05) is 14.2 Å². The molecular weight excluding hydrogens is 234 g/mol. The summed E-state index contributed by atoms with van der Waals surface area (Å²) in [6, 6.07) is 6.37. The van der Waals surface area contributed by atoms with Crippen molar-refractivity contribution in [1.29, 1.82) is 0 Å². The summed E-state index contributed by atoms with van der Waals surface area (Å²) in [6.07, 6.45) is 0. The molecule has 0 aliphatic carbocycles. The van der Waals surface area contributed by atoms with E-state index in [1.54, 1.807) is 32.2 Å². The summed E-state index contributed by atoms with van der Waals surface area (Å²) >= 11 is 0. The van der Waals surface area contributed by atoms with E-state index < -0.39 is 12.0 Å². The molecule has 1 atom stereocenters. The van der Waals surface area contributed by atoms with Crippen LogP contribution in [0.2, 0.25) is 0 Å². The Labute approximate surface area is 106 Å². The molecule has 1 amide bonds. The highest BCUT2D eigenvalue weighted by atomic mass is 16.5. The van der Waals surface area contributed by atoms with Gasteiger partial charge in [-0.3, -0.25) is 4.79 Å². The maximum atomic E-state index is 11.9. The van der Waals surface area contributed by atoms with Crippen LogP contribution in [-0.2, 0) is 20.9 Å². The van der Waals surface area contributed by atoms with Crippen molar-refractivity contribution in [3.8, 4) is 0 Å². The third-order valence-electron chi connectivity index (χ3n) is 2.40. The average molecular weight is 251 g/mol. The molecule has 0 bridgehead atoms. The molecule has 0 radical (unpaired) electrons. The normalized spacial score (nSPS) is 11.7. The zero-order valence-corrected chi connectivity index (χ0v) is 10.7. The second kappa shape index (κ2) is 6.76. The van der Waals surface area contributed by atoms with Gasteiger partial charge in [-0.1, -0.05) is 12.1 Å². The predicted octanol–water partition coefficient (Wildman–Crippen LogP) is 1.12. The number of hydrogen-bond acceptors (Lipinski definition) is 4. The molecule has 0 aliphatic heterocycles. The first kappa shape index (κ1) is 14.2. The van der Waals surface area contributed by atoms with Crippen molar-refractivity contribution in [2.45, 2.75) is 19.6 Å². The van der Waals surface area contributed by atoms with Crippen LogP contribution < -0.4 is 5.32 Å². The number of ether oxygens (including phenoxy) is 2. The summed E-state index contributed by atoms with van der Waals surface area (Å²) in [5.41, 5.74) is 1.39. The lowest BCUT2D eigenvalue weighted by molar-refractivity contribution is -0.142. The van der Waals surface area contributed by atoms with Crippen LogP contribution in [0, 0.1) is 0 Å². The zero-order chi connectivity index (χ0) is 13.5. The molecule has 0 aromatic heterocycles. The third-order valence-corrected chi connectivity index (χ3v) is 2.40. The van der Waals surface area contributed by atoms with Gasteiger partial charge in [-0.25, -0.2) is 4.79 Å². The van der Waals surface area contributed by atoms with Crippen molar-refractivity contribution >= 4 is 11.9 Å². The van der Waals surface area contributed by atoms with Crippen LogP contribution in [0.4, 0.5) is 0 Å². The van der Waals surface area contributed by atoms with Gasteiger partial charge in [0.2, 0.25) is 0 Å². The van der Waals surface area contributed by atoms with Crippen LogP contribution in [0.5, 0.6) is 0 Å². The Morgan fingerprint density at radius 2 is 2.06 bits per heavy atom. The van der Waals surface area contributed by atoms with E-state index in [2.05, 4.69) is 10.1 Å². The van der Waals surface area contributed by atoms with Gasteiger partial charge in [0.25, 0.3) is 5.91 Å². The van der Waals surface area contributed by atoms with E-state index in [-0.39, 0.29) is 5.91 Å². The van der Waals surface area contributed by atoms with Crippen molar-refractivity contribution in [3.63, 3.8) is 0 Å². The molecule has 0 heterocycles. The fourth-order valence-electron chi connectivity index (χ4n) is 1.48. The fraction of sp³-hybridized carbons (Fsp3) is 0.385. The highest BCUT2D eigenvalue weighted by molar-refractivity contribution is 5.96. The number of carbonyl (C=O) groups excluding carboxylic acids is 2. The fourth-order valence-corrected chi connectivity index (χ4v) is 1.48. The standard InChI is InChI=1S/C13H17NO4/c1-9(13(16)18-3)14-12(15)11-6-4-5-10(7-11)8-17-2/h4-7,9H,8H2,1-3H3,(H,14,15). The lowest BCUT2D eigenvalue weighted by Gasteiger charge is -2.12. The Kier molecular flexibility index (Phi) is 5.32. The van der Waals surface area contributed by atoms with Crippen LogP contribution in [0.25, 0.3) is 0 Å². The predicted molar refractivity (Wildman–Crippen MR) is 66.1 cm³/mol. The summed E-state index contributed by atoms with van der Waals surface area (Å²) in [7, 11) is 2.87. The van der Waals surface area contributed by atoms with Crippen molar-refractivity contribution < 1.29 is 19.1 Å². The Bertz CT molecular complexity index is 431. The van der Waals surface area contributed by atoms with E-state index in [0.29, 0.717) is 12.2 Å². The summed E-state index contributed by atoms with van der Waals surface area (Å²) in [5.74, 6) is -0.790. The van der Waals surface area contributed by atoms with Gasteiger partial charge >= 0.3 is 5.97 Å². The molecule has 18 heavy (non-hydrogen) atoms. The number of hydrogen-bond donors (Lipinski definition) is 1. The molecule has 1 aromatic carbocycles. The van der Waals surface area contributed by atoms with Gasteiger partial charge in [0.15, 0.2) is 0 Å². The molecule has 98 valence electrons. The second-order valence-electron chi connectivity index (χ2n) is 3.85. The minimum Gasteiger partial charge on any atom is -0.467 e. The van der Waals surface area contributed by atoms with E-state index in [9.17, 15) is 9.59 Å². The number of carbonyl (C=O) groups is 2. The lowest BCUT2D eigenvalue weighted by Crippen LogP contribution is -2.39.